The van der Waals surface area contributed by atoms with Gasteiger partial charge in [-0.05, 0) is 36.8 Å². The third-order valence-corrected chi connectivity index (χ3v) is 4.95. The maximum absolute atomic E-state index is 14.0. The molecule has 148 valence electrons. The Labute approximate surface area is 165 Å². The highest BCUT2D eigenvalue weighted by Gasteiger charge is 2.19. The number of hydrogen-bond donors (Lipinski definition) is 1. The first-order chi connectivity index (χ1) is 13.3. The number of hydrogen-bond acceptors (Lipinski definition) is 5. The number of nitrogens with one attached hydrogen (secondary N) is 1. The van der Waals surface area contributed by atoms with Crippen LogP contribution in [0.1, 0.15) is 35.3 Å². The van der Waals surface area contributed by atoms with Gasteiger partial charge in [-0.15, -0.1) is 11.8 Å². The van der Waals surface area contributed by atoms with Gasteiger partial charge in [0, 0.05) is 10.5 Å². The number of methoxy groups -OCH3 is 1. The normalized spacial score (nSPS) is 11.6. The maximum atomic E-state index is 14.0. The molecule has 0 saturated heterocycles. The largest absolute Gasteiger partial charge is 0.469 e. The molecule has 0 radical (unpaired) electrons. The molecule has 2 aromatic carbocycles. The highest BCUT2D eigenvalue weighted by atomic mass is 32.2. The fourth-order valence-electron chi connectivity index (χ4n) is 2.41. The zero-order chi connectivity index (χ0) is 20.7. The van der Waals surface area contributed by atoms with Crippen LogP contribution in [-0.4, -0.2) is 30.5 Å². The van der Waals surface area contributed by atoms with Crippen LogP contribution < -0.4 is 5.32 Å². The Bertz CT molecular complexity index is 871. The molecule has 0 spiro atoms. The van der Waals surface area contributed by atoms with E-state index in [0.29, 0.717) is 5.56 Å². The lowest BCUT2D eigenvalue weighted by Gasteiger charge is -2.18. The lowest BCUT2D eigenvalue weighted by molar-refractivity contribution is -0.141. The molecule has 5 nitrogen and oxygen atoms in total. The number of carbonyl (C=O) groups excluding carboxylic acids is 3. The summed E-state index contributed by atoms with van der Waals surface area (Å²) in [7, 11) is 1.23. The average molecular weight is 407 g/mol. The number of ketones is 1. The van der Waals surface area contributed by atoms with Crippen molar-refractivity contribution in [2.75, 3.05) is 12.9 Å². The first-order valence-electron chi connectivity index (χ1n) is 8.35. The van der Waals surface area contributed by atoms with Crippen molar-refractivity contribution >= 4 is 29.4 Å². The van der Waals surface area contributed by atoms with Crippen LogP contribution in [-0.2, 0) is 14.3 Å². The average Bonchev–Trinajstić information content (AvgIpc) is 2.66. The van der Waals surface area contributed by atoms with Crippen LogP contribution in [0.5, 0.6) is 0 Å². The summed E-state index contributed by atoms with van der Waals surface area (Å²) in [5, 5.41) is 2.68. The fraction of sp³-hybridized carbons (Fsp3) is 0.250. The van der Waals surface area contributed by atoms with Crippen molar-refractivity contribution < 1.29 is 27.9 Å². The minimum atomic E-state index is -0.703. The number of amides is 1. The van der Waals surface area contributed by atoms with Crippen LogP contribution in [0.15, 0.2) is 47.4 Å². The first kappa shape index (κ1) is 21.6. The van der Waals surface area contributed by atoms with Crippen molar-refractivity contribution in [1.82, 2.24) is 5.32 Å². The molecule has 0 aliphatic heterocycles. The summed E-state index contributed by atoms with van der Waals surface area (Å²) in [6.07, 6.45) is -0.125. The van der Waals surface area contributed by atoms with E-state index >= 15 is 0 Å². The molecule has 8 heteroatoms. The van der Waals surface area contributed by atoms with Gasteiger partial charge >= 0.3 is 5.97 Å². The molecular formula is C20H19F2NO4S. The van der Waals surface area contributed by atoms with E-state index in [-0.39, 0.29) is 28.4 Å². The summed E-state index contributed by atoms with van der Waals surface area (Å²) < 4.78 is 31.8. The summed E-state index contributed by atoms with van der Waals surface area (Å²) in [5.74, 6) is -2.35. The Morgan fingerprint density at radius 3 is 2.36 bits per heavy atom. The van der Waals surface area contributed by atoms with Gasteiger partial charge in [-0.25, -0.2) is 8.78 Å². The van der Waals surface area contributed by atoms with E-state index in [1.807, 2.05) is 0 Å². The van der Waals surface area contributed by atoms with Gasteiger partial charge in [0.15, 0.2) is 5.78 Å². The van der Waals surface area contributed by atoms with E-state index in [4.69, 9.17) is 0 Å². The Kier molecular flexibility index (Phi) is 7.69. The number of carbonyl (C=O) groups is 3. The molecule has 1 unspecified atom stereocenters. The third-order valence-electron chi connectivity index (χ3n) is 3.90. The van der Waals surface area contributed by atoms with Gasteiger partial charge in [-0.3, -0.25) is 14.4 Å². The zero-order valence-electron chi connectivity index (χ0n) is 15.3. The second kappa shape index (κ2) is 9.98. The quantitative estimate of drug-likeness (QED) is 0.411. The van der Waals surface area contributed by atoms with Gasteiger partial charge < -0.3 is 10.1 Å². The predicted octanol–water partition coefficient (Wildman–Crippen LogP) is 3.68. The van der Waals surface area contributed by atoms with E-state index in [9.17, 15) is 23.2 Å². The number of Topliss-reactive ketones (excluding diaryl/α,β-unsaturated/α-hetero) is 1. The van der Waals surface area contributed by atoms with Crippen molar-refractivity contribution in [2.45, 2.75) is 24.3 Å². The summed E-state index contributed by atoms with van der Waals surface area (Å²) in [6, 6.07) is 8.75. The molecular weight excluding hydrogens is 388 g/mol. The van der Waals surface area contributed by atoms with E-state index in [2.05, 4.69) is 10.1 Å². The van der Waals surface area contributed by atoms with Gasteiger partial charge in [-0.1, -0.05) is 18.2 Å². The maximum Gasteiger partial charge on any atom is 0.307 e. The summed E-state index contributed by atoms with van der Waals surface area (Å²) >= 11 is 0.965. The second-order valence-corrected chi connectivity index (χ2v) is 6.96. The topological polar surface area (TPSA) is 72.5 Å². The molecule has 1 amide bonds. The molecule has 28 heavy (non-hydrogen) atoms. The minimum Gasteiger partial charge on any atom is -0.469 e. The van der Waals surface area contributed by atoms with Crippen molar-refractivity contribution in [3.63, 3.8) is 0 Å². The van der Waals surface area contributed by atoms with E-state index in [0.717, 1.165) is 17.8 Å². The van der Waals surface area contributed by atoms with Crippen molar-refractivity contribution in [1.29, 1.82) is 0 Å². The monoisotopic (exact) mass is 407 g/mol. The van der Waals surface area contributed by atoms with E-state index in [1.54, 1.807) is 0 Å². The molecule has 0 fully saturated rings. The van der Waals surface area contributed by atoms with Crippen LogP contribution >= 0.6 is 11.8 Å². The molecule has 0 aliphatic rings. The Morgan fingerprint density at radius 2 is 1.79 bits per heavy atom. The van der Waals surface area contributed by atoms with Crippen LogP contribution in [0.4, 0.5) is 8.78 Å². The number of thioether (sulfide) groups is 1. The summed E-state index contributed by atoms with van der Waals surface area (Å²) in [5.41, 5.74) is 0.794. The number of esters is 1. The number of halogens is 2. The van der Waals surface area contributed by atoms with Gasteiger partial charge in [-0.2, -0.15) is 0 Å². The zero-order valence-corrected chi connectivity index (χ0v) is 16.1. The predicted molar refractivity (Wildman–Crippen MR) is 101 cm³/mol. The standard InChI is InChI=1S/C20H19F2NO4S/c1-12(24)14-5-8-18(16(22)9-14)28-11-19(25)23-17(10-20(26)27-2)13-3-6-15(21)7-4-13/h3-9,17H,10-11H2,1-2H3,(H,23,25). The Morgan fingerprint density at radius 1 is 1.11 bits per heavy atom. The molecule has 0 bridgehead atoms. The van der Waals surface area contributed by atoms with Crippen molar-refractivity contribution in [3.05, 3.63) is 65.2 Å². The molecule has 0 heterocycles. The molecule has 2 aromatic rings. The van der Waals surface area contributed by atoms with Crippen LogP contribution in [0, 0.1) is 11.6 Å². The van der Waals surface area contributed by atoms with E-state index in [1.165, 1.54) is 50.4 Å². The number of benzene rings is 2. The molecule has 0 saturated carbocycles. The summed E-state index contributed by atoms with van der Waals surface area (Å²) in [4.78, 5) is 35.4. The van der Waals surface area contributed by atoms with Crippen LogP contribution in [0.25, 0.3) is 0 Å². The van der Waals surface area contributed by atoms with Crippen LogP contribution in [0.2, 0.25) is 0 Å². The van der Waals surface area contributed by atoms with Crippen molar-refractivity contribution in [2.24, 2.45) is 0 Å². The molecule has 2 rings (SSSR count). The number of ether oxygens (including phenoxy) is 1. The first-order valence-corrected chi connectivity index (χ1v) is 9.33. The molecule has 0 aliphatic carbocycles. The minimum absolute atomic E-state index is 0.102. The smallest absolute Gasteiger partial charge is 0.307 e. The fourth-order valence-corrected chi connectivity index (χ4v) is 3.14. The SMILES string of the molecule is COC(=O)CC(NC(=O)CSc1ccc(C(C)=O)cc1F)c1ccc(F)cc1. The van der Waals surface area contributed by atoms with E-state index < -0.39 is 29.6 Å². The van der Waals surface area contributed by atoms with Gasteiger partial charge in [0.25, 0.3) is 0 Å². The highest BCUT2D eigenvalue weighted by molar-refractivity contribution is 8.00. The lowest BCUT2D eigenvalue weighted by Crippen LogP contribution is -2.31. The van der Waals surface area contributed by atoms with Crippen molar-refractivity contribution in [3.8, 4) is 0 Å². The second-order valence-electron chi connectivity index (χ2n) is 5.94. The lowest BCUT2D eigenvalue weighted by atomic mass is 10.0. The third kappa shape index (κ3) is 6.16. The molecule has 1 N–H and O–H groups in total. The Balaban J connectivity index is 2.04. The number of rotatable bonds is 8. The molecule has 1 atom stereocenters. The van der Waals surface area contributed by atoms with Crippen LogP contribution in [0.3, 0.4) is 0 Å². The Hall–Kier alpha value is -2.74. The van der Waals surface area contributed by atoms with Gasteiger partial charge in [0.05, 0.1) is 25.3 Å². The van der Waals surface area contributed by atoms with Gasteiger partial charge in [0.2, 0.25) is 5.91 Å². The summed E-state index contributed by atoms with van der Waals surface area (Å²) in [6.45, 7) is 1.34. The van der Waals surface area contributed by atoms with Gasteiger partial charge in [0.1, 0.15) is 11.6 Å². The highest BCUT2D eigenvalue weighted by Crippen LogP contribution is 2.24. The molecule has 0 aromatic heterocycles.